The molecule has 1 aromatic carbocycles. The first-order chi connectivity index (χ1) is 14.0. The van der Waals surface area contributed by atoms with Crippen molar-refractivity contribution in [1.82, 2.24) is 20.3 Å². The Balaban J connectivity index is 1.69. The standard InChI is InChI=1S/C20H20N8O/c1-12(29)24-15-4-6-28(11-15)19-17-3-2-5-23-18(17)26-20(27-19)25-16-8-13(10-21)7-14(22)9-16/h2-3,5,7-9,15H,4,6,11,22H2,1H3,(H,24,29)(H,23,25,26,27)/t15-/m0/s1. The van der Waals surface area contributed by atoms with Gasteiger partial charge in [-0.25, -0.2) is 4.98 Å². The molecule has 4 rings (SSSR count). The Morgan fingerprint density at radius 2 is 2.21 bits per heavy atom. The first-order valence-corrected chi connectivity index (χ1v) is 9.24. The molecule has 0 spiro atoms. The maximum atomic E-state index is 11.4. The molecular formula is C20H20N8O. The minimum absolute atomic E-state index is 0.0385. The van der Waals surface area contributed by atoms with Gasteiger partial charge < -0.3 is 21.3 Å². The van der Waals surface area contributed by atoms with Gasteiger partial charge in [-0.1, -0.05) is 0 Å². The van der Waals surface area contributed by atoms with Crippen LogP contribution in [0.5, 0.6) is 0 Å². The molecular weight excluding hydrogens is 368 g/mol. The average Bonchev–Trinajstić information content (AvgIpc) is 3.14. The summed E-state index contributed by atoms with van der Waals surface area (Å²) in [5.41, 5.74) is 7.99. The normalized spacial score (nSPS) is 15.9. The second-order valence-electron chi connectivity index (χ2n) is 6.96. The molecule has 1 saturated heterocycles. The predicted molar refractivity (Wildman–Crippen MR) is 111 cm³/mol. The molecule has 2 aromatic heterocycles. The second kappa shape index (κ2) is 7.59. The van der Waals surface area contributed by atoms with Crippen LogP contribution in [0.2, 0.25) is 0 Å². The van der Waals surface area contributed by atoms with Crippen molar-refractivity contribution in [3.63, 3.8) is 0 Å². The van der Waals surface area contributed by atoms with Crippen molar-refractivity contribution in [2.24, 2.45) is 0 Å². The van der Waals surface area contributed by atoms with Crippen LogP contribution in [0, 0.1) is 11.3 Å². The highest BCUT2D eigenvalue weighted by atomic mass is 16.1. The maximum absolute atomic E-state index is 11.4. The van der Waals surface area contributed by atoms with Crippen molar-refractivity contribution in [2.45, 2.75) is 19.4 Å². The number of aromatic nitrogens is 3. The number of nitrogens with one attached hydrogen (secondary N) is 2. The van der Waals surface area contributed by atoms with E-state index in [0.29, 0.717) is 35.1 Å². The zero-order valence-corrected chi connectivity index (χ0v) is 15.9. The van der Waals surface area contributed by atoms with E-state index in [1.54, 1.807) is 24.4 Å². The van der Waals surface area contributed by atoms with E-state index in [1.165, 1.54) is 6.92 Å². The first-order valence-electron chi connectivity index (χ1n) is 9.24. The number of benzene rings is 1. The highest BCUT2D eigenvalue weighted by molar-refractivity contribution is 5.88. The smallest absolute Gasteiger partial charge is 0.231 e. The van der Waals surface area contributed by atoms with Crippen molar-refractivity contribution in [3.05, 3.63) is 42.1 Å². The minimum atomic E-state index is -0.0385. The van der Waals surface area contributed by atoms with E-state index < -0.39 is 0 Å². The molecule has 1 aliphatic heterocycles. The number of nitrogens with zero attached hydrogens (tertiary/aromatic N) is 5. The van der Waals surface area contributed by atoms with Gasteiger partial charge in [0.05, 0.1) is 17.0 Å². The van der Waals surface area contributed by atoms with Gasteiger partial charge in [-0.05, 0) is 36.8 Å². The van der Waals surface area contributed by atoms with Gasteiger partial charge in [-0.2, -0.15) is 15.2 Å². The summed E-state index contributed by atoms with van der Waals surface area (Å²) in [6, 6.07) is 11.0. The Bertz CT molecular complexity index is 1120. The molecule has 9 heteroatoms. The Morgan fingerprint density at radius 3 is 3.00 bits per heavy atom. The fraction of sp³-hybridized carbons (Fsp3) is 0.250. The van der Waals surface area contributed by atoms with E-state index in [1.807, 2.05) is 12.1 Å². The van der Waals surface area contributed by atoms with E-state index in [0.717, 1.165) is 24.2 Å². The number of nitrogens with two attached hydrogens (primary N) is 1. The number of carbonyl (C=O) groups is 1. The molecule has 9 nitrogen and oxygen atoms in total. The molecule has 3 heterocycles. The van der Waals surface area contributed by atoms with Crippen molar-refractivity contribution >= 4 is 40.1 Å². The Labute approximate surface area is 167 Å². The van der Waals surface area contributed by atoms with Gasteiger partial charge in [-0.3, -0.25) is 4.79 Å². The zero-order valence-electron chi connectivity index (χ0n) is 15.9. The molecule has 0 saturated carbocycles. The van der Waals surface area contributed by atoms with Crippen LogP contribution in [0.15, 0.2) is 36.5 Å². The Morgan fingerprint density at radius 1 is 1.34 bits per heavy atom. The maximum Gasteiger partial charge on any atom is 0.231 e. The number of anilines is 4. The quantitative estimate of drug-likeness (QED) is 0.578. The largest absolute Gasteiger partial charge is 0.399 e. The van der Waals surface area contributed by atoms with Gasteiger partial charge in [0.15, 0.2) is 5.65 Å². The molecule has 146 valence electrons. The molecule has 0 bridgehead atoms. The van der Waals surface area contributed by atoms with Crippen molar-refractivity contribution < 1.29 is 4.79 Å². The molecule has 3 aromatic rings. The number of carbonyl (C=O) groups excluding carboxylic acids is 1. The predicted octanol–water partition coefficient (Wildman–Crippen LogP) is 1.94. The number of rotatable bonds is 4. The number of nitrogen functional groups attached to an aromatic ring is 1. The van der Waals surface area contributed by atoms with E-state index in [2.05, 4.69) is 31.6 Å². The Kier molecular flexibility index (Phi) is 4.83. The van der Waals surface area contributed by atoms with Gasteiger partial charge in [0.25, 0.3) is 0 Å². The van der Waals surface area contributed by atoms with E-state index in [9.17, 15) is 4.79 Å². The second-order valence-corrected chi connectivity index (χ2v) is 6.96. The third-order valence-corrected chi connectivity index (χ3v) is 4.69. The summed E-state index contributed by atoms with van der Waals surface area (Å²) >= 11 is 0. The molecule has 1 fully saturated rings. The lowest BCUT2D eigenvalue weighted by Gasteiger charge is -2.20. The number of fused-ring (bicyclic) bond motifs is 1. The first kappa shape index (κ1) is 18.4. The summed E-state index contributed by atoms with van der Waals surface area (Å²) in [6.45, 7) is 2.95. The number of nitriles is 1. The summed E-state index contributed by atoms with van der Waals surface area (Å²) in [4.78, 5) is 27.1. The van der Waals surface area contributed by atoms with Gasteiger partial charge in [0, 0.05) is 43.6 Å². The summed E-state index contributed by atoms with van der Waals surface area (Å²) in [6.07, 6.45) is 2.52. The van der Waals surface area contributed by atoms with Crippen LogP contribution in [0.3, 0.4) is 0 Å². The van der Waals surface area contributed by atoms with Gasteiger partial charge in [0.1, 0.15) is 5.82 Å². The lowest BCUT2D eigenvalue weighted by Crippen LogP contribution is -2.35. The van der Waals surface area contributed by atoms with Gasteiger partial charge >= 0.3 is 0 Å². The van der Waals surface area contributed by atoms with E-state index in [-0.39, 0.29) is 11.9 Å². The van der Waals surface area contributed by atoms with Crippen LogP contribution >= 0.6 is 0 Å². The summed E-state index contributed by atoms with van der Waals surface area (Å²) in [5, 5.41) is 16.1. The van der Waals surface area contributed by atoms with E-state index >= 15 is 0 Å². The van der Waals surface area contributed by atoms with Crippen LogP contribution in [0.25, 0.3) is 11.0 Å². The molecule has 0 aliphatic carbocycles. The van der Waals surface area contributed by atoms with Crippen molar-refractivity contribution in [2.75, 3.05) is 29.0 Å². The Hall–Kier alpha value is -3.93. The molecule has 4 N–H and O–H groups in total. The fourth-order valence-electron chi connectivity index (χ4n) is 3.52. The van der Waals surface area contributed by atoms with Crippen LogP contribution in [-0.4, -0.2) is 40.0 Å². The SMILES string of the molecule is CC(=O)N[C@H]1CCN(c2nc(Nc3cc(N)cc(C#N)c3)nc3ncccc23)C1. The third-order valence-electron chi connectivity index (χ3n) is 4.69. The molecule has 0 unspecified atom stereocenters. The summed E-state index contributed by atoms with van der Waals surface area (Å²) in [5.74, 6) is 1.08. The lowest BCUT2D eigenvalue weighted by atomic mass is 10.2. The number of hydrogen-bond acceptors (Lipinski definition) is 8. The number of pyridine rings is 1. The highest BCUT2D eigenvalue weighted by Gasteiger charge is 2.26. The van der Waals surface area contributed by atoms with Gasteiger partial charge in [-0.15, -0.1) is 0 Å². The van der Waals surface area contributed by atoms with Crippen LogP contribution in [0.1, 0.15) is 18.9 Å². The number of hydrogen-bond donors (Lipinski definition) is 3. The molecule has 0 radical (unpaired) electrons. The third kappa shape index (κ3) is 4.01. The summed E-state index contributed by atoms with van der Waals surface area (Å²) < 4.78 is 0. The molecule has 29 heavy (non-hydrogen) atoms. The average molecular weight is 388 g/mol. The van der Waals surface area contributed by atoms with Crippen LogP contribution in [0.4, 0.5) is 23.1 Å². The highest BCUT2D eigenvalue weighted by Crippen LogP contribution is 2.28. The van der Waals surface area contributed by atoms with Crippen molar-refractivity contribution in [3.8, 4) is 6.07 Å². The molecule has 1 amide bonds. The van der Waals surface area contributed by atoms with Gasteiger partial charge in [0.2, 0.25) is 11.9 Å². The summed E-state index contributed by atoms with van der Waals surface area (Å²) in [7, 11) is 0. The fourth-order valence-corrected chi connectivity index (χ4v) is 3.52. The van der Waals surface area contributed by atoms with Crippen molar-refractivity contribution in [1.29, 1.82) is 5.26 Å². The lowest BCUT2D eigenvalue weighted by molar-refractivity contribution is -0.119. The van der Waals surface area contributed by atoms with E-state index in [4.69, 9.17) is 16.0 Å². The number of amides is 1. The minimum Gasteiger partial charge on any atom is -0.399 e. The van der Waals surface area contributed by atoms with Crippen LogP contribution in [-0.2, 0) is 4.79 Å². The molecule has 1 aliphatic rings. The topological polar surface area (TPSA) is 133 Å². The monoisotopic (exact) mass is 388 g/mol. The van der Waals surface area contributed by atoms with Crippen LogP contribution < -0.4 is 21.3 Å². The zero-order chi connectivity index (χ0) is 20.4. The molecule has 1 atom stereocenters.